The van der Waals surface area contributed by atoms with Gasteiger partial charge in [0.1, 0.15) is 0 Å². The second kappa shape index (κ2) is 9.31. The number of halogens is 2. The first kappa shape index (κ1) is 27.1. The van der Waals surface area contributed by atoms with Crippen LogP contribution in [0.4, 0.5) is 0 Å². The molecule has 2 aliphatic rings. The van der Waals surface area contributed by atoms with E-state index >= 15 is 0 Å². The van der Waals surface area contributed by atoms with Crippen LogP contribution in [0.15, 0.2) is 42.5 Å². The second-order valence-corrected chi connectivity index (χ2v) is 9.88. The van der Waals surface area contributed by atoms with Gasteiger partial charge in [0.2, 0.25) is 0 Å². The van der Waals surface area contributed by atoms with E-state index in [1.807, 2.05) is 0 Å². The zero-order valence-corrected chi connectivity index (χ0v) is 23.8. The van der Waals surface area contributed by atoms with E-state index in [-0.39, 0.29) is 61.5 Å². The number of benzene rings is 2. The zero-order valence-electron chi connectivity index (χ0n) is 18.7. The molecule has 0 aliphatic heterocycles. The molecule has 2 aromatic rings. The van der Waals surface area contributed by atoms with Gasteiger partial charge in [-0.25, -0.2) is 0 Å². The molecule has 3 heteroatoms. The minimum absolute atomic E-state index is 0. The van der Waals surface area contributed by atoms with Gasteiger partial charge in [-0.1, -0.05) is 118 Å². The van der Waals surface area contributed by atoms with Crippen molar-refractivity contribution >= 4 is 18.2 Å². The van der Waals surface area contributed by atoms with Crippen LogP contribution in [-0.2, 0) is 36.7 Å². The molecule has 0 bridgehead atoms. The van der Waals surface area contributed by atoms with Gasteiger partial charge in [-0.3, -0.25) is 0 Å². The van der Waals surface area contributed by atoms with Crippen LogP contribution >= 0.6 is 0 Å². The SMILES string of the molecule is C=c1c(C(C)(C)C)cc2c(c1C1=CC=CC1)[C-]=c1c(C(C)(C)C)cccc1=2.[Cl-].[Cl-].[Hf]. The first-order chi connectivity index (χ1) is 12.6. The monoisotopic (exact) mass is 603 g/mol. The molecule has 4 rings (SSSR count). The van der Waals surface area contributed by atoms with Crippen molar-refractivity contribution in [2.45, 2.75) is 58.8 Å². The summed E-state index contributed by atoms with van der Waals surface area (Å²) in [6.07, 6.45) is 11.4. The van der Waals surface area contributed by atoms with Gasteiger partial charge in [-0.2, -0.15) is 0 Å². The second-order valence-electron chi connectivity index (χ2n) is 9.88. The average molecular weight is 603 g/mol. The van der Waals surface area contributed by atoms with Crippen molar-refractivity contribution in [3.05, 3.63) is 85.6 Å². The van der Waals surface area contributed by atoms with Gasteiger partial charge < -0.3 is 24.8 Å². The van der Waals surface area contributed by atoms with E-state index in [1.54, 1.807) is 0 Å². The summed E-state index contributed by atoms with van der Waals surface area (Å²) >= 11 is 0. The number of hydrogen-bond donors (Lipinski definition) is 0. The molecule has 158 valence electrons. The number of fused-ring (bicyclic) bond motifs is 2. The fourth-order valence-electron chi connectivity index (χ4n) is 4.38. The Kier molecular flexibility index (Phi) is 8.42. The molecular weight excluding hydrogens is 574 g/mol. The summed E-state index contributed by atoms with van der Waals surface area (Å²) < 4.78 is 0. The Balaban J connectivity index is 0.00000150. The van der Waals surface area contributed by atoms with Crippen LogP contribution in [0.1, 0.15) is 70.2 Å². The molecule has 2 aromatic carbocycles. The number of allylic oxidation sites excluding steroid dienone is 4. The molecule has 0 saturated heterocycles. The Bertz CT molecular complexity index is 1220. The number of rotatable bonds is 1. The molecule has 0 nitrogen and oxygen atoms in total. The van der Waals surface area contributed by atoms with Crippen molar-refractivity contribution in [2.24, 2.45) is 0 Å². The minimum Gasteiger partial charge on any atom is -1.00 e. The molecule has 0 fully saturated rings. The van der Waals surface area contributed by atoms with E-state index in [0.717, 1.165) is 11.6 Å². The third-order valence-corrected chi connectivity index (χ3v) is 5.75. The van der Waals surface area contributed by atoms with Crippen molar-refractivity contribution in [2.75, 3.05) is 0 Å². The van der Waals surface area contributed by atoms with Crippen molar-refractivity contribution < 1.29 is 50.7 Å². The molecule has 0 N–H and O–H groups in total. The summed E-state index contributed by atoms with van der Waals surface area (Å²) in [5.41, 5.74) is 6.73. The fraction of sp³-hybridized carbons (Fsp3) is 0.333. The molecular formula is C27H29Cl2Hf-3. The summed E-state index contributed by atoms with van der Waals surface area (Å²) in [5.74, 6) is 0. The van der Waals surface area contributed by atoms with Crippen molar-refractivity contribution in [1.82, 2.24) is 0 Å². The minimum atomic E-state index is 0. The summed E-state index contributed by atoms with van der Waals surface area (Å²) in [4.78, 5) is 0. The van der Waals surface area contributed by atoms with Crippen molar-refractivity contribution in [1.29, 1.82) is 0 Å². The molecule has 0 radical (unpaired) electrons. The van der Waals surface area contributed by atoms with Crippen LogP contribution in [-0.4, -0.2) is 0 Å². The van der Waals surface area contributed by atoms with Gasteiger partial charge in [0.25, 0.3) is 0 Å². The molecule has 0 unspecified atom stereocenters. The Labute approximate surface area is 212 Å². The third-order valence-electron chi connectivity index (χ3n) is 5.75. The number of hydrogen-bond acceptors (Lipinski definition) is 0. The average Bonchev–Trinajstić information content (AvgIpc) is 3.19. The summed E-state index contributed by atoms with van der Waals surface area (Å²) in [7, 11) is 0. The van der Waals surface area contributed by atoms with Gasteiger partial charge in [-0.05, 0) is 17.3 Å². The van der Waals surface area contributed by atoms with Gasteiger partial charge in [0.05, 0.1) is 0 Å². The Morgan fingerprint density at radius 1 is 0.900 bits per heavy atom. The largest absolute Gasteiger partial charge is 1.00 e. The maximum Gasteiger partial charge on any atom is 0 e. The van der Waals surface area contributed by atoms with Crippen LogP contribution in [0.25, 0.3) is 18.2 Å². The van der Waals surface area contributed by atoms with Crippen LogP contribution < -0.4 is 35.3 Å². The van der Waals surface area contributed by atoms with Crippen molar-refractivity contribution in [3.63, 3.8) is 0 Å². The van der Waals surface area contributed by atoms with E-state index < -0.39 is 0 Å². The van der Waals surface area contributed by atoms with E-state index in [4.69, 9.17) is 0 Å². The summed E-state index contributed by atoms with van der Waals surface area (Å²) in [5, 5.41) is 5.05. The molecule has 2 aliphatic carbocycles. The van der Waals surface area contributed by atoms with E-state index in [9.17, 15) is 0 Å². The molecule has 0 saturated carbocycles. The molecule has 0 aromatic heterocycles. The van der Waals surface area contributed by atoms with E-state index in [2.05, 4.69) is 96.7 Å². The van der Waals surface area contributed by atoms with Crippen LogP contribution in [0.3, 0.4) is 0 Å². The Morgan fingerprint density at radius 3 is 2.07 bits per heavy atom. The van der Waals surface area contributed by atoms with E-state index in [1.165, 1.54) is 43.5 Å². The molecule has 0 amide bonds. The predicted octanol–water partition coefficient (Wildman–Crippen LogP) is -0.653. The summed E-state index contributed by atoms with van der Waals surface area (Å²) in [6.45, 7) is 18.2. The predicted molar refractivity (Wildman–Crippen MR) is 117 cm³/mol. The smallest absolute Gasteiger partial charge is 0 e. The van der Waals surface area contributed by atoms with E-state index in [0.29, 0.717) is 0 Å². The maximum atomic E-state index is 4.53. The third kappa shape index (κ3) is 4.50. The van der Waals surface area contributed by atoms with Gasteiger partial charge >= 0.3 is 0 Å². The van der Waals surface area contributed by atoms with Gasteiger partial charge in [-0.15, -0.1) is 27.3 Å². The quantitative estimate of drug-likeness (QED) is 0.257. The standard InChI is InChI=1S/C27H29.2ClH.Hf/c1-17-24(27(5,6)7)16-20-19-13-10-14-23(26(2,3)4)21(19)15-22(20)25(17)18-11-8-9-12-18;;;/h8-11,13-14,16H,1,12H2,2-7H3;2*1H;/q-1;;;/p-2. The zero-order chi connectivity index (χ0) is 19.6. The van der Waals surface area contributed by atoms with Crippen LogP contribution in [0.5, 0.6) is 0 Å². The Morgan fingerprint density at radius 2 is 1.53 bits per heavy atom. The normalized spacial score (nSPS) is 13.9. The molecule has 0 atom stereocenters. The van der Waals surface area contributed by atoms with Crippen molar-refractivity contribution in [3.8, 4) is 0 Å². The molecule has 0 heterocycles. The first-order valence-electron chi connectivity index (χ1n) is 9.89. The maximum absolute atomic E-state index is 4.53. The van der Waals surface area contributed by atoms with Gasteiger partial charge in [0, 0.05) is 25.8 Å². The van der Waals surface area contributed by atoms with Gasteiger partial charge in [0.15, 0.2) is 0 Å². The topological polar surface area (TPSA) is 0 Å². The molecule has 0 spiro atoms. The van der Waals surface area contributed by atoms with Crippen LogP contribution in [0.2, 0.25) is 0 Å². The fourth-order valence-corrected chi connectivity index (χ4v) is 4.38. The Hall–Kier alpha value is -0.890. The van der Waals surface area contributed by atoms with Crippen LogP contribution in [0, 0.1) is 10.4 Å². The molecule has 30 heavy (non-hydrogen) atoms. The summed E-state index contributed by atoms with van der Waals surface area (Å²) in [6, 6.07) is 9.07. The first-order valence-corrected chi connectivity index (χ1v) is 9.89.